The van der Waals surface area contributed by atoms with Crippen LogP contribution in [0, 0.1) is 11.7 Å². The fraction of sp³-hybridized carbons (Fsp3) is 0.533. The van der Waals surface area contributed by atoms with Crippen molar-refractivity contribution in [2.75, 3.05) is 5.73 Å². The first-order valence-electron chi connectivity index (χ1n) is 6.86. The molecule has 1 fully saturated rings. The molecule has 104 valence electrons. The van der Waals surface area contributed by atoms with Crippen LogP contribution in [0.5, 0.6) is 0 Å². The largest absolute Gasteiger partial charge is 0.459 e. The van der Waals surface area contributed by atoms with Crippen molar-refractivity contribution in [1.29, 1.82) is 0 Å². The smallest absolute Gasteiger partial charge is 0.340 e. The van der Waals surface area contributed by atoms with Gasteiger partial charge >= 0.3 is 5.97 Å². The molecule has 1 aliphatic rings. The third kappa shape index (κ3) is 3.46. The van der Waals surface area contributed by atoms with Crippen LogP contribution in [0.3, 0.4) is 0 Å². The van der Waals surface area contributed by atoms with E-state index in [0.29, 0.717) is 5.92 Å². The Morgan fingerprint density at radius 2 is 2.26 bits per heavy atom. The Balaban J connectivity index is 2.02. The van der Waals surface area contributed by atoms with Gasteiger partial charge in [0.2, 0.25) is 0 Å². The summed E-state index contributed by atoms with van der Waals surface area (Å²) in [6, 6.07) is 3.76. The highest BCUT2D eigenvalue weighted by Gasteiger charge is 2.25. The normalized spacial score (nSPS) is 23.1. The summed E-state index contributed by atoms with van der Waals surface area (Å²) < 4.78 is 18.6. The van der Waals surface area contributed by atoms with Crippen molar-refractivity contribution in [3.8, 4) is 0 Å². The first-order chi connectivity index (χ1) is 9.10. The van der Waals surface area contributed by atoms with E-state index in [1.807, 2.05) is 0 Å². The van der Waals surface area contributed by atoms with Crippen LogP contribution in [0.25, 0.3) is 0 Å². The lowest BCUT2D eigenvalue weighted by atomic mass is 9.85. The maximum atomic E-state index is 13.1. The number of rotatable bonds is 3. The molecule has 2 N–H and O–H groups in total. The van der Waals surface area contributed by atoms with Gasteiger partial charge in [0, 0.05) is 5.69 Å². The lowest BCUT2D eigenvalue weighted by molar-refractivity contribution is 0.0140. The number of hydrogen-bond acceptors (Lipinski definition) is 3. The number of ether oxygens (including phenoxy) is 1. The van der Waals surface area contributed by atoms with Gasteiger partial charge in [-0.05, 0) is 43.4 Å². The number of halogens is 1. The van der Waals surface area contributed by atoms with Crippen LogP contribution in [0.15, 0.2) is 18.2 Å². The van der Waals surface area contributed by atoms with E-state index in [1.54, 1.807) is 0 Å². The molecule has 19 heavy (non-hydrogen) atoms. The first-order valence-corrected chi connectivity index (χ1v) is 6.86. The maximum Gasteiger partial charge on any atom is 0.340 e. The van der Waals surface area contributed by atoms with Crippen molar-refractivity contribution < 1.29 is 13.9 Å². The van der Waals surface area contributed by atoms with Gasteiger partial charge in [0.05, 0.1) is 5.56 Å². The van der Waals surface area contributed by atoms with E-state index >= 15 is 0 Å². The molecule has 0 amide bonds. The molecule has 0 saturated heterocycles. The number of hydrogen-bond donors (Lipinski definition) is 1. The molecule has 0 aliphatic heterocycles. The summed E-state index contributed by atoms with van der Waals surface area (Å²) in [6.07, 6.45) is 5.11. The predicted molar refractivity (Wildman–Crippen MR) is 72.3 cm³/mol. The second kappa shape index (κ2) is 6.04. The van der Waals surface area contributed by atoms with Gasteiger partial charge in [-0.15, -0.1) is 0 Å². The molecule has 0 aromatic heterocycles. The average molecular weight is 265 g/mol. The van der Waals surface area contributed by atoms with E-state index in [4.69, 9.17) is 10.5 Å². The van der Waals surface area contributed by atoms with Crippen LogP contribution in [-0.4, -0.2) is 12.1 Å². The van der Waals surface area contributed by atoms with Crippen molar-refractivity contribution in [1.82, 2.24) is 0 Å². The Kier molecular flexibility index (Phi) is 4.40. The number of nitrogens with two attached hydrogens (primary N) is 1. The van der Waals surface area contributed by atoms with Crippen LogP contribution in [-0.2, 0) is 4.74 Å². The number of nitrogen functional groups attached to an aromatic ring is 1. The molecule has 2 atom stereocenters. The first kappa shape index (κ1) is 13.8. The van der Waals surface area contributed by atoms with Gasteiger partial charge < -0.3 is 10.5 Å². The minimum Gasteiger partial charge on any atom is -0.459 e. The van der Waals surface area contributed by atoms with Crippen LogP contribution in [0.1, 0.15) is 49.4 Å². The third-order valence-electron chi connectivity index (χ3n) is 3.82. The second-order valence-electron chi connectivity index (χ2n) is 5.20. The molecule has 1 aromatic carbocycles. The van der Waals surface area contributed by atoms with Gasteiger partial charge in [0.25, 0.3) is 0 Å². The van der Waals surface area contributed by atoms with Gasteiger partial charge in [0.1, 0.15) is 11.9 Å². The number of esters is 1. The molecule has 0 bridgehead atoms. The minimum absolute atomic E-state index is 0.0612. The summed E-state index contributed by atoms with van der Waals surface area (Å²) >= 11 is 0. The van der Waals surface area contributed by atoms with Gasteiger partial charge in [-0.2, -0.15) is 0 Å². The molecule has 1 aliphatic carbocycles. The Morgan fingerprint density at radius 1 is 1.47 bits per heavy atom. The van der Waals surface area contributed by atoms with Gasteiger partial charge in [-0.3, -0.25) is 0 Å². The van der Waals surface area contributed by atoms with E-state index in [1.165, 1.54) is 18.6 Å². The second-order valence-corrected chi connectivity index (χ2v) is 5.20. The average Bonchev–Trinajstić information content (AvgIpc) is 2.41. The Labute approximate surface area is 112 Å². The summed E-state index contributed by atoms with van der Waals surface area (Å²) in [4.78, 5) is 12.0. The van der Waals surface area contributed by atoms with E-state index in [2.05, 4.69) is 6.92 Å². The summed E-state index contributed by atoms with van der Waals surface area (Å²) in [7, 11) is 0. The number of benzene rings is 1. The highest BCUT2D eigenvalue weighted by Crippen LogP contribution is 2.29. The van der Waals surface area contributed by atoms with Crippen LogP contribution in [0.2, 0.25) is 0 Å². The Hall–Kier alpha value is -1.58. The zero-order chi connectivity index (χ0) is 13.8. The highest BCUT2D eigenvalue weighted by atomic mass is 19.1. The van der Waals surface area contributed by atoms with Crippen LogP contribution < -0.4 is 5.73 Å². The summed E-state index contributed by atoms with van der Waals surface area (Å²) in [5, 5.41) is 0. The molecule has 0 spiro atoms. The van der Waals surface area contributed by atoms with Gasteiger partial charge in [0.15, 0.2) is 0 Å². The van der Waals surface area contributed by atoms with Crippen LogP contribution >= 0.6 is 0 Å². The molecular formula is C15H20FNO2. The van der Waals surface area contributed by atoms with Gasteiger partial charge in [-0.1, -0.05) is 19.8 Å². The Morgan fingerprint density at radius 3 is 3.00 bits per heavy atom. The lowest BCUT2D eigenvalue weighted by Gasteiger charge is -2.28. The highest BCUT2D eigenvalue weighted by molar-refractivity contribution is 5.95. The molecule has 1 aromatic rings. The Bertz CT molecular complexity index is 461. The molecule has 2 unspecified atom stereocenters. The fourth-order valence-electron chi connectivity index (χ4n) is 2.64. The quantitative estimate of drug-likeness (QED) is 0.672. The van der Waals surface area contributed by atoms with Crippen molar-refractivity contribution in [2.45, 2.75) is 45.1 Å². The minimum atomic E-state index is -0.515. The number of carbonyl (C=O) groups is 1. The van der Waals surface area contributed by atoms with E-state index in [-0.39, 0.29) is 17.4 Å². The monoisotopic (exact) mass is 265 g/mol. The molecule has 4 heteroatoms. The third-order valence-corrected chi connectivity index (χ3v) is 3.82. The van der Waals surface area contributed by atoms with E-state index in [9.17, 15) is 9.18 Å². The van der Waals surface area contributed by atoms with Crippen molar-refractivity contribution in [3.63, 3.8) is 0 Å². The summed E-state index contributed by atoms with van der Waals surface area (Å²) in [5.74, 6) is -0.369. The van der Waals surface area contributed by atoms with E-state index < -0.39 is 11.8 Å². The molecule has 0 radical (unpaired) electrons. The molecule has 0 heterocycles. The van der Waals surface area contributed by atoms with Crippen LogP contribution in [0.4, 0.5) is 10.1 Å². The maximum absolute atomic E-state index is 13.1. The van der Waals surface area contributed by atoms with Crippen molar-refractivity contribution >= 4 is 11.7 Å². The predicted octanol–water partition coefficient (Wildman–Crippen LogP) is 3.53. The van der Waals surface area contributed by atoms with Crippen molar-refractivity contribution in [3.05, 3.63) is 29.6 Å². The van der Waals surface area contributed by atoms with Crippen molar-refractivity contribution in [2.24, 2.45) is 5.92 Å². The summed E-state index contributed by atoms with van der Waals surface area (Å²) in [5.41, 5.74) is 6.06. The summed E-state index contributed by atoms with van der Waals surface area (Å²) in [6.45, 7) is 2.15. The standard InChI is InChI=1S/C15H20FNO2/c1-2-10-4-3-5-12(8-10)19-15(18)13-9-11(16)6-7-14(13)17/h6-7,9-10,12H,2-5,8,17H2,1H3. The molecular weight excluding hydrogens is 245 g/mol. The SMILES string of the molecule is CCC1CCCC(OC(=O)c2cc(F)ccc2N)C1. The number of anilines is 1. The van der Waals surface area contributed by atoms with E-state index in [0.717, 1.165) is 31.7 Å². The molecule has 3 nitrogen and oxygen atoms in total. The fourth-order valence-corrected chi connectivity index (χ4v) is 2.64. The zero-order valence-electron chi connectivity index (χ0n) is 11.2. The molecule has 1 saturated carbocycles. The number of carbonyl (C=O) groups excluding carboxylic acids is 1. The topological polar surface area (TPSA) is 52.3 Å². The van der Waals surface area contributed by atoms with Gasteiger partial charge in [-0.25, -0.2) is 9.18 Å². The lowest BCUT2D eigenvalue weighted by Crippen LogP contribution is -2.25. The molecule has 2 rings (SSSR count). The zero-order valence-corrected chi connectivity index (χ0v) is 11.2.